The number of aliphatic hydroxyl groups excluding tert-OH is 8. The molecule has 0 radical (unpaired) electrons. The average molecular weight is 1070 g/mol. The number of hydrogen-bond donors (Lipinski definition) is 9. The van der Waals surface area contributed by atoms with Crippen LogP contribution in [0.5, 0.6) is 0 Å². The van der Waals surface area contributed by atoms with Crippen LogP contribution in [-0.4, -0.2) is 140 Å². The van der Waals surface area contributed by atoms with Crippen LogP contribution in [0, 0.1) is 0 Å². The van der Waals surface area contributed by atoms with Gasteiger partial charge in [-0.1, -0.05) is 230 Å². The van der Waals surface area contributed by atoms with E-state index in [-0.39, 0.29) is 12.5 Å². The molecule has 0 aromatic rings. The van der Waals surface area contributed by atoms with E-state index in [1.165, 1.54) is 161 Å². The maximum atomic E-state index is 13.3. The molecule has 2 heterocycles. The standard InChI is InChI=1S/C61H113NO13/c1-3-5-7-9-11-13-15-17-19-20-21-22-23-24-25-26-27-28-29-30-31-33-35-37-39-41-43-45-53(66)62-49(50(65)44-42-40-38-36-34-32-18-16-14-12-10-8-6-4-2)48-72-60-58(71)56(69)59(52(47-64)74-60)75-61-57(70)55(68)54(67)51(46-63)73-61/h15,17,20-21,23-24,49-52,54-61,63-65,67-71H,3-14,16,18-19,22,25-48H2,1-2H3,(H,62,66)/b17-15-,21-20-,24-23-. The Labute approximate surface area is 455 Å². The summed E-state index contributed by atoms with van der Waals surface area (Å²) in [5.41, 5.74) is 0. The van der Waals surface area contributed by atoms with Gasteiger partial charge in [0.15, 0.2) is 12.6 Å². The first-order valence-corrected chi connectivity index (χ1v) is 30.7. The highest BCUT2D eigenvalue weighted by Crippen LogP contribution is 2.30. The molecule has 440 valence electrons. The highest BCUT2D eigenvalue weighted by atomic mass is 16.7. The third-order valence-electron chi connectivity index (χ3n) is 15.1. The van der Waals surface area contributed by atoms with Gasteiger partial charge in [0, 0.05) is 6.42 Å². The summed E-state index contributed by atoms with van der Waals surface area (Å²) < 4.78 is 22.8. The zero-order chi connectivity index (χ0) is 54.6. The van der Waals surface area contributed by atoms with E-state index in [1.54, 1.807) is 0 Å². The molecule has 9 N–H and O–H groups in total. The third kappa shape index (κ3) is 32.8. The number of allylic oxidation sites excluding steroid dienone is 6. The average Bonchev–Trinajstić information content (AvgIpc) is 3.41. The summed E-state index contributed by atoms with van der Waals surface area (Å²) in [6, 6.07) is -0.829. The molecule has 12 atom stereocenters. The fourth-order valence-corrected chi connectivity index (χ4v) is 10.1. The molecule has 0 spiro atoms. The first kappa shape index (κ1) is 69.3. The summed E-state index contributed by atoms with van der Waals surface area (Å²) >= 11 is 0. The number of carbonyl (C=O) groups is 1. The van der Waals surface area contributed by atoms with Crippen molar-refractivity contribution in [2.45, 2.75) is 325 Å². The van der Waals surface area contributed by atoms with E-state index < -0.39 is 86.8 Å². The summed E-state index contributed by atoms with van der Waals surface area (Å²) in [5.74, 6) is -0.208. The van der Waals surface area contributed by atoms with Gasteiger partial charge in [0.25, 0.3) is 0 Å². The normalized spacial score (nSPS) is 25.3. The Kier molecular flexibility index (Phi) is 43.5. The van der Waals surface area contributed by atoms with Crippen LogP contribution >= 0.6 is 0 Å². The molecule has 0 aromatic carbocycles. The second-order valence-electron chi connectivity index (χ2n) is 21.8. The van der Waals surface area contributed by atoms with Crippen molar-refractivity contribution in [3.05, 3.63) is 36.5 Å². The predicted molar refractivity (Wildman–Crippen MR) is 300 cm³/mol. The highest BCUT2D eigenvalue weighted by molar-refractivity contribution is 5.76. The van der Waals surface area contributed by atoms with Crippen LogP contribution < -0.4 is 5.32 Å². The van der Waals surface area contributed by atoms with Gasteiger partial charge in [-0.25, -0.2) is 0 Å². The van der Waals surface area contributed by atoms with Crippen molar-refractivity contribution < 1.29 is 64.6 Å². The number of nitrogens with one attached hydrogen (secondary N) is 1. The molecule has 1 amide bonds. The Morgan fingerprint density at radius 1 is 0.480 bits per heavy atom. The molecule has 14 nitrogen and oxygen atoms in total. The number of aliphatic hydroxyl groups is 8. The number of carbonyl (C=O) groups excluding carboxylic acids is 1. The number of rotatable bonds is 49. The fraction of sp³-hybridized carbons (Fsp3) is 0.885. The van der Waals surface area contributed by atoms with Crippen LogP contribution in [0.15, 0.2) is 36.5 Å². The molecule has 14 heteroatoms. The van der Waals surface area contributed by atoms with Crippen molar-refractivity contribution in [2.75, 3.05) is 19.8 Å². The molecular weight excluding hydrogens is 955 g/mol. The monoisotopic (exact) mass is 1070 g/mol. The van der Waals surface area contributed by atoms with Gasteiger partial charge in [0.05, 0.1) is 32.0 Å². The molecule has 2 aliphatic heterocycles. The quantitative estimate of drug-likeness (QED) is 0.0204. The summed E-state index contributed by atoms with van der Waals surface area (Å²) in [6.07, 6.45) is 40.0. The van der Waals surface area contributed by atoms with Crippen molar-refractivity contribution in [1.82, 2.24) is 5.32 Å². The van der Waals surface area contributed by atoms with Gasteiger partial charge in [-0.3, -0.25) is 4.79 Å². The molecule has 2 saturated heterocycles. The first-order chi connectivity index (χ1) is 36.6. The lowest BCUT2D eigenvalue weighted by Gasteiger charge is -2.46. The maximum Gasteiger partial charge on any atom is 0.220 e. The van der Waals surface area contributed by atoms with Crippen molar-refractivity contribution in [3.63, 3.8) is 0 Å². The lowest BCUT2D eigenvalue weighted by molar-refractivity contribution is -0.359. The minimum Gasteiger partial charge on any atom is -0.394 e. The highest BCUT2D eigenvalue weighted by Gasteiger charge is 2.51. The second-order valence-corrected chi connectivity index (χ2v) is 21.8. The zero-order valence-electron chi connectivity index (χ0n) is 47.3. The molecule has 2 rings (SSSR count). The largest absolute Gasteiger partial charge is 0.394 e. The molecule has 2 fully saturated rings. The molecule has 0 aliphatic carbocycles. The topological polar surface area (TPSA) is 228 Å². The van der Waals surface area contributed by atoms with Crippen molar-refractivity contribution in [1.29, 1.82) is 0 Å². The Balaban J connectivity index is 1.70. The molecule has 0 saturated carbocycles. The third-order valence-corrected chi connectivity index (χ3v) is 15.1. The number of ether oxygens (including phenoxy) is 4. The summed E-state index contributed by atoms with van der Waals surface area (Å²) in [7, 11) is 0. The molecule has 2 aliphatic rings. The van der Waals surface area contributed by atoms with Gasteiger partial charge in [-0.15, -0.1) is 0 Å². The van der Waals surface area contributed by atoms with Gasteiger partial charge >= 0.3 is 0 Å². The summed E-state index contributed by atoms with van der Waals surface area (Å²) in [4.78, 5) is 13.3. The Morgan fingerprint density at radius 2 is 0.880 bits per heavy atom. The van der Waals surface area contributed by atoms with Crippen LogP contribution in [0.4, 0.5) is 0 Å². The van der Waals surface area contributed by atoms with Crippen LogP contribution in [0.25, 0.3) is 0 Å². The van der Waals surface area contributed by atoms with Crippen molar-refractivity contribution in [2.24, 2.45) is 0 Å². The van der Waals surface area contributed by atoms with Crippen LogP contribution in [0.1, 0.15) is 251 Å². The van der Waals surface area contributed by atoms with E-state index >= 15 is 0 Å². The Hall–Kier alpha value is -1.79. The van der Waals surface area contributed by atoms with E-state index in [4.69, 9.17) is 18.9 Å². The van der Waals surface area contributed by atoms with E-state index in [1.807, 2.05) is 0 Å². The van der Waals surface area contributed by atoms with Crippen LogP contribution in [0.3, 0.4) is 0 Å². The number of unbranched alkanes of at least 4 members (excludes halogenated alkanes) is 30. The Bertz CT molecular complexity index is 1400. The van der Waals surface area contributed by atoms with Crippen LogP contribution in [0.2, 0.25) is 0 Å². The van der Waals surface area contributed by atoms with Gasteiger partial charge < -0.3 is 65.1 Å². The van der Waals surface area contributed by atoms with Gasteiger partial charge in [0.1, 0.15) is 48.8 Å². The first-order valence-electron chi connectivity index (χ1n) is 30.7. The van der Waals surface area contributed by atoms with E-state index in [2.05, 4.69) is 55.6 Å². The summed E-state index contributed by atoms with van der Waals surface area (Å²) in [6.45, 7) is 2.86. The van der Waals surface area contributed by atoms with Gasteiger partial charge in [-0.05, 0) is 51.4 Å². The lowest BCUT2D eigenvalue weighted by Crippen LogP contribution is -2.65. The van der Waals surface area contributed by atoms with Crippen molar-refractivity contribution in [3.8, 4) is 0 Å². The zero-order valence-corrected chi connectivity index (χ0v) is 47.3. The minimum absolute atomic E-state index is 0.208. The SMILES string of the molecule is CCCCCCC/C=C\C/C=C\C/C=C\CCCCCCCCCCCCCCC(=O)NC(COC1OC(CO)C(OC2OC(CO)C(O)C(O)C2O)C(O)C1O)C(O)CCCCCCCCCCCCCCCC. The van der Waals surface area contributed by atoms with Gasteiger partial charge in [0.2, 0.25) is 5.91 Å². The number of hydrogen-bond acceptors (Lipinski definition) is 13. The fourth-order valence-electron chi connectivity index (χ4n) is 10.1. The van der Waals surface area contributed by atoms with Gasteiger partial charge in [-0.2, -0.15) is 0 Å². The molecule has 12 unspecified atom stereocenters. The van der Waals surface area contributed by atoms with E-state index in [0.29, 0.717) is 12.8 Å². The molecule has 75 heavy (non-hydrogen) atoms. The van der Waals surface area contributed by atoms with E-state index in [9.17, 15) is 45.6 Å². The summed E-state index contributed by atoms with van der Waals surface area (Å²) in [5, 5.41) is 87.2. The Morgan fingerprint density at radius 3 is 1.35 bits per heavy atom. The minimum atomic E-state index is -1.78. The van der Waals surface area contributed by atoms with E-state index in [0.717, 1.165) is 64.2 Å². The molecular formula is C61H113NO13. The molecule has 0 bridgehead atoms. The van der Waals surface area contributed by atoms with Crippen LogP contribution in [-0.2, 0) is 23.7 Å². The lowest BCUT2D eigenvalue weighted by atomic mass is 9.97. The molecule has 0 aromatic heterocycles. The number of amides is 1. The maximum absolute atomic E-state index is 13.3. The second kappa shape index (κ2) is 47.1. The predicted octanol–water partition coefficient (Wildman–Crippen LogP) is 10.6. The van der Waals surface area contributed by atoms with Crippen molar-refractivity contribution >= 4 is 5.91 Å². The smallest absolute Gasteiger partial charge is 0.220 e.